The van der Waals surface area contributed by atoms with E-state index in [2.05, 4.69) is 21.5 Å². The lowest BCUT2D eigenvalue weighted by atomic mass is 10.0. The van der Waals surface area contributed by atoms with E-state index >= 15 is 0 Å². The van der Waals surface area contributed by atoms with E-state index in [4.69, 9.17) is 5.26 Å². The second kappa shape index (κ2) is 9.74. The maximum absolute atomic E-state index is 13.7. The summed E-state index contributed by atoms with van der Waals surface area (Å²) >= 11 is 0. The fraction of sp³-hybridized carbons (Fsp3) is 0.529. The summed E-state index contributed by atoms with van der Waals surface area (Å²) in [4.78, 5) is 4.38. The maximum Gasteiger partial charge on any atom is 0.573 e. The van der Waals surface area contributed by atoms with Gasteiger partial charge in [0.25, 0.3) is 0 Å². The number of allylic oxidation sites excluding steroid dienone is 4. The predicted molar refractivity (Wildman–Crippen MR) is 85.9 cm³/mol. The van der Waals surface area contributed by atoms with Crippen molar-refractivity contribution >= 4 is 0 Å². The molecule has 0 aromatic rings. The number of ether oxygens (including phenoxy) is 1. The highest BCUT2D eigenvalue weighted by atomic mass is 19.4. The minimum atomic E-state index is -4.98. The number of nitrogens with one attached hydrogen (secondary N) is 1. The van der Waals surface area contributed by atoms with Crippen molar-refractivity contribution in [1.29, 1.82) is 0 Å². The van der Waals surface area contributed by atoms with Crippen molar-refractivity contribution in [3.8, 4) is 0 Å². The van der Waals surface area contributed by atoms with Crippen LogP contribution in [0.4, 0.5) is 17.6 Å². The van der Waals surface area contributed by atoms with Gasteiger partial charge >= 0.3 is 6.36 Å². The van der Waals surface area contributed by atoms with E-state index in [-0.39, 0.29) is 0 Å². The van der Waals surface area contributed by atoms with E-state index in [1.807, 2.05) is 6.08 Å². The third-order valence-corrected chi connectivity index (χ3v) is 3.59. The molecule has 0 radical (unpaired) electrons. The zero-order chi connectivity index (χ0) is 18.9. The van der Waals surface area contributed by atoms with Crippen molar-refractivity contribution in [2.45, 2.75) is 57.2 Å². The normalized spacial score (nSPS) is 22.0. The molecule has 1 rings (SSSR count). The molecule has 0 spiro atoms. The smallest absolute Gasteiger partial charge is 0.403 e. The molecule has 0 saturated heterocycles. The highest BCUT2D eigenvalue weighted by Gasteiger charge is 2.34. The first-order valence-corrected chi connectivity index (χ1v) is 7.92. The van der Waals surface area contributed by atoms with Crippen molar-refractivity contribution in [2.24, 2.45) is 0 Å². The van der Waals surface area contributed by atoms with Gasteiger partial charge in [0.1, 0.15) is 6.23 Å². The molecule has 1 aliphatic carbocycles. The van der Waals surface area contributed by atoms with Crippen LogP contribution in [0.2, 0.25) is 0 Å². The number of unbranched alkanes of at least 4 members (excludes halogenated alkanes) is 3. The lowest BCUT2D eigenvalue weighted by Gasteiger charge is -2.28. The van der Waals surface area contributed by atoms with Gasteiger partial charge in [0.15, 0.2) is 11.6 Å². The summed E-state index contributed by atoms with van der Waals surface area (Å²) in [5.41, 5.74) is -1.03. The molecule has 2 unspecified atom stereocenters. The van der Waals surface area contributed by atoms with Crippen molar-refractivity contribution < 1.29 is 32.4 Å². The van der Waals surface area contributed by atoms with Crippen LogP contribution < -0.4 is 5.32 Å². The fourth-order valence-corrected chi connectivity index (χ4v) is 2.31. The molecule has 0 heterocycles. The largest absolute Gasteiger partial charge is 0.573 e. The Hall–Kier alpha value is -1.64. The lowest BCUT2D eigenvalue weighted by molar-refractivity contribution is -0.304. The zero-order valence-electron chi connectivity index (χ0n) is 14.0. The molecule has 8 heteroatoms. The van der Waals surface area contributed by atoms with Crippen LogP contribution in [0.5, 0.6) is 0 Å². The van der Waals surface area contributed by atoms with Crippen molar-refractivity contribution in [1.82, 2.24) is 5.32 Å². The van der Waals surface area contributed by atoms with Gasteiger partial charge in [-0.3, -0.25) is 10.6 Å². The van der Waals surface area contributed by atoms with Crippen LogP contribution in [0.1, 0.15) is 39.0 Å². The fourth-order valence-electron chi connectivity index (χ4n) is 2.31. The minimum Gasteiger partial charge on any atom is -0.403 e. The topological polar surface area (TPSA) is 50.7 Å². The predicted octanol–water partition coefficient (Wildman–Crippen LogP) is 5.13. The Balaban J connectivity index is 2.66. The summed E-state index contributed by atoms with van der Waals surface area (Å²) in [6.07, 6.45) is 4.52. The first-order valence-electron chi connectivity index (χ1n) is 7.92. The van der Waals surface area contributed by atoms with Gasteiger partial charge < -0.3 is 4.74 Å². The molecule has 0 bridgehead atoms. The summed E-state index contributed by atoms with van der Waals surface area (Å²) in [5.74, 6) is -2.08. The van der Waals surface area contributed by atoms with Crippen LogP contribution in [0.15, 0.2) is 48.5 Å². The van der Waals surface area contributed by atoms with Crippen molar-refractivity contribution in [2.75, 3.05) is 0 Å². The zero-order valence-corrected chi connectivity index (χ0v) is 14.0. The molecule has 0 fully saturated rings. The Bertz CT molecular complexity index is 528. The first kappa shape index (κ1) is 21.4. The average Bonchev–Trinajstić information content (AvgIpc) is 2.66. The van der Waals surface area contributed by atoms with Gasteiger partial charge in [-0.1, -0.05) is 24.6 Å². The van der Waals surface area contributed by atoms with Crippen molar-refractivity contribution in [3.63, 3.8) is 0 Å². The summed E-state index contributed by atoms with van der Waals surface area (Å²) < 4.78 is 54.2. The highest BCUT2D eigenvalue weighted by molar-refractivity contribution is 5.34. The Morgan fingerprint density at radius 2 is 1.96 bits per heavy atom. The van der Waals surface area contributed by atoms with Gasteiger partial charge in [-0.05, 0) is 44.8 Å². The Morgan fingerprint density at radius 3 is 2.56 bits per heavy atom. The average molecular weight is 365 g/mol. The number of rotatable bonds is 10. The molecule has 0 aliphatic heterocycles. The van der Waals surface area contributed by atoms with Crippen LogP contribution in [-0.2, 0) is 9.62 Å². The summed E-state index contributed by atoms with van der Waals surface area (Å²) in [7, 11) is 0. The highest BCUT2D eigenvalue weighted by Crippen LogP contribution is 2.28. The van der Waals surface area contributed by atoms with E-state index < -0.39 is 29.7 Å². The Labute approximate surface area is 144 Å². The van der Waals surface area contributed by atoms with E-state index in [0.29, 0.717) is 6.42 Å². The van der Waals surface area contributed by atoms with E-state index in [0.717, 1.165) is 37.8 Å². The molecular formula is C17H23F4NO3. The molecule has 2 N–H and O–H groups in total. The van der Waals surface area contributed by atoms with Crippen LogP contribution in [0.25, 0.3) is 0 Å². The molecule has 0 aromatic carbocycles. The quantitative estimate of drug-likeness (QED) is 0.141. The van der Waals surface area contributed by atoms with Crippen LogP contribution in [0, 0.1) is 0 Å². The standard InChI is InChI=1S/C17H23F4NO3/c1-3-4-5-6-7-8-15(25-23)22-16(2)11-9-13(18)14(10-12-16)24-17(19,20)21/h3,9-12,15,22-23H,1,4-8H2,2H3. The van der Waals surface area contributed by atoms with Gasteiger partial charge in [-0.2, -0.15) is 0 Å². The summed E-state index contributed by atoms with van der Waals surface area (Å²) in [6.45, 7) is 5.24. The molecule has 0 aromatic heterocycles. The van der Waals surface area contributed by atoms with Gasteiger partial charge in [0.05, 0.1) is 5.54 Å². The third-order valence-electron chi connectivity index (χ3n) is 3.59. The molecule has 0 saturated carbocycles. The summed E-state index contributed by atoms with van der Waals surface area (Å²) in [5, 5.41) is 11.9. The van der Waals surface area contributed by atoms with Gasteiger partial charge in [-0.25, -0.2) is 9.28 Å². The molecule has 142 valence electrons. The van der Waals surface area contributed by atoms with Gasteiger partial charge in [0, 0.05) is 0 Å². The van der Waals surface area contributed by atoms with E-state index in [1.165, 1.54) is 12.2 Å². The number of hydrogen-bond acceptors (Lipinski definition) is 4. The number of halogens is 4. The van der Waals surface area contributed by atoms with Gasteiger partial charge in [-0.15, -0.1) is 19.8 Å². The second-order valence-corrected chi connectivity index (χ2v) is 5.87. The van der Waals surface area contributed by atoms with E-state index in [9.17, 15) is 17.6 Å². The van der Waals surface area contributed by atoms with Gasteiger partial charge in [0.2, 0.25) is 0 Å². The molecule has 0 amide bonds. The van der Waals surface area contributed by atoms with Crippen molar-refractivity contribution in [3.05, 3.63) is 48.5 Å². The lowest BCUT2D eigenvalue weighted by Crippen LogP contribution is -2.46. The first-order chi connectivity index (χ1) is 11.7. The minimum absolute atomic E-state index is 0.479. The molecular weight excluding hydrogens is 342 g/mol. The van der Waals surface area contributed by atoms with Crippen LogP contribution in [0.3, 0.4) is 0 Å². The molecule has 2 atom stereocenters. The van der Waals surface area contributed by atoms with E-state index in [1.54, 1.807) is 6.92 Å². The molecule has 25 heavy (non-hydrogen) atoms. The molecule has 4 nitrogen and oxygen atoms in total. The Kier molecular flexibility index (Phi) is 8.34. The second-order valence-electron chi connectivity index (χ2n) is 5.87. The number of hydrogen-bond donors (Lipinski definition) is 2. The Morgan fingerprint density at radius 1 is 1.28 bits per heavy atom. The van der Waals surface area contributed by atoms with Crippen LogP contribution >= 0.6 is 0 Å². The number of alkyl halides is 3. The molecule has 1 aliphatic rings. The van der Waals surface area contributed by atoms with Crippen LogP contribution in [-0.4, -0.2) is 23.4 Å². The monoisotopic (exact) mass is 365 g/mol. The maximum atomic E-state index is 13.7. The summed E-state index contributed by atoms with van der Waals surface area (Å²) in [6, 6.07) is 0. The third kappa shape index (κ3) is 8.33. The SMILES string of the molecule is C=CCCCCCC(NC1(C)C=CC(F)=C(OC(F)(F)F)C=C1)OO.